The van der Waals surface area contributed by atoms with E-state index in [2.05, 4.69) is 20.6 Å². The second kappa shape index (κ2) is 7.25. The summed E-state index contributed by atoms with van der Waals surface area (Å²) in [6, 6.07) is 3.26. The standard InChI is InChI=1S/C17H11F5N4O2/c18-11-4-10-13(5-12(11)19)24-7-14(10)26-16(28)15(27)25-6-9-3-8(1-2-23-9)17(20,21)22/h1-5,7,24H,6H2,(H,25,27)(H,26,28). The molecule has 0 saturated heterocycles. The molecule has 0 spiro atoms. The van der Waals surface area contributed by atoms with Crippen molar-refractivity contribution in [1.82, 2.24) is 15.3 Å². The van der Waals surface area contributed by atoms with Gasteiger partial charge >= 0.3 is 18.0 Å². The second-order valence-corrected chi connectivity index (χ2v) is 5.68. The van der Waals surface area contributed by atoms with Crippen LogP contribution < -0.4 is 10.6 Å². The Kier molecular flexibility index (Phi) is 4.99. The van der Waals surface area contributed by atoms with Gasteiger partial charge in [-0.25, -0.2) is 8.78 Å². The van der Waals surface area contributed by atoms with Gasteiger partial charge in [-0.2, -0.15) is 13.2 Å². The number of nitrogens with zero attached hydrogens (tertiary/aromatic N) is 1. The predicted octanol–water partition coefficient (Wildman–Crippen LogP) is 3.11. The first-order valence-corrected chi connectivity index (χ1v) is 7.72. The summed E-state index contributed by atoms with van der Waals surface area (Å²) >= 11 is 0. The third kappa shape index (κ3) is 4.08. The van der Waals surface area contributed by atoms with Gasteiger partial charge in [-0.05, 0) is 18.2 Å². The molecule has 3 aromatic rings. The number of hydrogen-bond acceptors (Lipinski definition) is 3. The molecule has 28 heavy (non-hydrogen) atoms. The number of fused-ring (bicyclic) bond motifs is 1. The number of aromatic amines is 1. The zero-order valence-corrected chi connectivity index (χ0v) is 13.8. The van der Waals surface area contributed by atoms with Crippen molar-refractivity contribution in [1.29, 1.82) is 0 Å². The average molecular weight is 398 g/mol. The molecule has 0 aliphatic heterocycles. The quantitative estimate of drug-likeness (QED) is 0.468. The van der Waals surface area contributed by atoms with Gasteiger partial charge in [0.05, 0.1) is 29.0 Å². The first kappa shape index (κ1) is 19.3. The first-order valence-electron chi connectivity index (χ1n) is 7.72. The molecule has 3 rings (SSSR count). The summed E-state index contributed by atoms with van der Waals surface area (Å²) in [6.07, 6.45) is -2.39. The summed E-state index contributed by atoms with van der Waals surface area (Å²) in [5.74, 6) is -4.50. The first-order chi connectivity index (χ1) is 13.1. The zero-order chi connectivity index (χ0) is 20.5. The van der Waals surface area contributed by atoms with Crippen LogP contribution in [0.1, 0.15) is 11.3 Å². The van der Waals surface area contributed by atoms with E-state index in [0.717, 1.165) is 30.5 Å². The van der Waals surface area contributed by atoms with E-state index in [1.807, 2.05) is 0 Å². The lowest BCUT2D eigenvalue weighted by Crippen LogP contribution is -2.35. The summed E-state index contributed by atoms with van der Waals surface area (Å²) in [4.78, 5) is 30.1. The van der Waals surface area contributed by atoms with E-state index in [1.165, 1.54) is 6.20 Å². The van der Waals surface area contributed by atoms with Crippen molar-refractivity contribution in [3.63, 3.8) is 0 Å². The van der Waals surface area contributed by atoms with Crippen LogP contribution in [0.5, 0.6) is 0 Å². The fourth-order valence-corrected chi connectivity index (χ4v) is 2.40. The number of alkyl halides is 3. The second-order valence-electron chi connectivity index (χ2n) is 5.68. The number of H-pyrrole nitrogens is 1. The third-order valence-corrected chi connectivity index (χ3v) is 3.75. The van der Waals surface area contributed by atoms with Gasteiger partial charge in [0.1, 0.15) is 0 Å². The molecule has 6 nitrogen and oxygen atoms in total. The highest BCUT2D eigenvalue weighted by Crippen LogP contribution is 2.29. The molecule has 2 amide bonds. The number of carbonyl (C=O) groups excluding carboxylic acids is 2. The Balaban J connectivity index is 1.66. The highest BCUT2D eigenvalue weighted by molar-refractivity contribution is 6.40. The van der Waals surface area contributed by atoms with Gasteiger partial charge in [0.2, 0.25) is 0 Å². The van der Waals surface area contributed by atoms with E-state index in [0.29, 0.717) is 0 Å². The smallest absolute Gasteiger partial charge is 0.359 e. The van der Waals surface area contributed by atoms with Crippen LogP contribution in [-0.4, -0.2) is 21.8 Å². The highest BCUT2D eigenvalue weighted by atomic mass is 19.4. The van der Waals surface area contributed by atoms with Crippen LogP contribution in [0.3, 0.4) is 0 Å². The predicted molar refractivity (Wildman–Crippen MR) is 87.9 cm³/mol. The number of rotatable bonds is 3. The van der Waals surface area contributed by atoms with Gasteiger partial charge in [0, 0.05) is 23.8 Å². The molecule has 1 aromatic carbocycles. The van der Waals surface area contributed by atoms with Gasteiger partial charge < -0.3 is 15.6 Å². The fraction of sp³-hybridized carbons (Fsp3) is 0.118. The molecule has 0 fully saturated rings. The molecule has 146 valence electrons. The van der Waals surface area contributed by atoms with Crippen molar-refractivity contribution in [2.75, 3.05) is 5.32 Å². The Bertz CT molecular complexity index is 1060. The summed E-state index contributed by atoms with van der Waals surface area (Å²) < 4.78 is 64.5. The van der Waals surface area contributed by atoms with Crippen molar-refractivity contribution >= 4 is 28.4 Å². The molecule has 0 aliphatic carbocycles. The summed E-state index contributed by atoms with van der Waals surface area (Å²) in [5, 5.41) is 4.48. The Labute approximate surface area is 153 Å². The topological polar surface area (TPSA) is 86.9 Å². The maximum atomic E-state index is 13.4. The normalized spacial score (nSPS) is 11.5. The van der Waals surface area contributed by atoms with Crippen LogP contribution in [-0.2, 0) is 22.3 Å². The molecular formula is C17H11F5N4O2. The van der Waals surface area contributed by atoms with E-state index >= 15 is 0 Å². The number of benzene rings is 1. The van der Waals surface area contributed by atoms with E-state index in [-0.39, 0.29) is 22.3 Å². The third-order valence-electron chi connectivity index (χ3n) is 3.75. The Hall–Kier alpha value is -3.50. The fourth-order valence-electron chi connectivity index (χ4n) is 2.40. The largest absolute Gasteiger partial charge is 0.416 e. The van der Waals surface area contributed by atoms with Crippen LogP contribution in [0.2, 0.25) is 0 Å². The average Bonchev–Trinajstić information content (AvgIpc) is 3.01. The minimum atomic E-state index is -4.57. The van der Waals surface area contributed by atoms with Crippen LogP contribution >= 0.6 is 0 Å². The Morgan fingerprint density at radius 3 is 2.50 bits per heavy atom. The monoisotopic (exact) mass is 398 g/mol. The number of aromatic nitrogens is 2. The molecule has 0 aliphatic rings. The zero-order valence-electron chi connectivity index (χ0n) is 13.8. The molecule has 3 N–H and O–H groups in total. The molecule has 11 heteroatoms. The van der Waals surface area contributed by atoms with Crippen LogP contribution in [0, 0.1) is 11.6 Å². The van der Waals surface area contributed by atoms with E-state index in [9.17, 15) is 31.5 Å². The Morgan fingerprint density at radius 1 is 1.07 bits per heavy atom. The lowest BCUT2D eigenvalue weighted by molar-refractivity contribution is -0.137. The maximum Gasteiger partial charge on any atom is 0.416 e. The molecule has 0 unspecified atom stereocenters. The van der Waals surface area contributed by atoms with E-state index < -0.39 is 41.7 Å². The molecule has 2 aromatic heterocycles. The number of amides is 2. The van der Waals surface area contributed by atoms with Crippen molar-refractivity contribution in [3.05, 3.63) is 59.6 Å². The summed E-state index contributed by atoms with van der Waals surface area (Å²) in [7, 11) is 0. The van der Waals surface area contributed by atoms with Crippen LogP contribution in [0.15, 0.2) is 36.7 Å². The molecular weight excluding hydrogens is 387 g/mol. The van der Waals surface area contributed by atoms with Crippen molar-refractivity contribution < 1.29 is 31.5 Å². The molecule has 0 atom stereocenters. The summed E-state index contributed by atoms with van der Waals surface area (Å²) in [5.41, 5.74) is -0.807. The minimum absolute atomic E-state index is 0.0336. The lowest BCUT2D eigenvalue weighted by Gasteiger charge is -2.09. The number of anilines is 1. The molecule has 0 bridgehead atoms. The number of carbonyl (C=O) groups is 2. The van der Waals surface area contributed by atoms with Gasteiger partial charge in [-0.15, -0.1) is 0 Å². The van der Waals surface area contributed by atoms with E-state index in [1.54, 1.807) is 0 Å². The van der Waals surface area contributed by atoms with Gasteiger partial charge in [-0.1, -0.05) is 0 Å². The van der Waals surface area contributed by atoms with Crippen molar-refractivity contribution in [2.45, 2.75) is 12.7 Å². The minimum Gasteiger partial charge on any atom is -0.359 e. The lowest BCUT2D eigenvalue weighted by atomic mass is 10.2. The number of hydrogen-bond donors (Lipinski definition) is 3. The van der Waals surface area contributed by atoms with Gasteiger partial charge in [-0.3, -0.25) is 14.6 Å². The maximum absolute atomic E-state index is 13.4. The SMILES string of the molecule is O=C(NCc1cc(C(F)(F)F)ccn1)C(=O)Nc1c[nH]c2cc(F)c(F)cc12. The van der Waals surface area contributed by atoms with Crippen LogP contribution in [0.4, 0.5) is 27.6 Å². The molecule has 0 radical (unpaired) electrons. The van der Waals surface area contributed by atoms with E-state index in [4.69, 9.17) is 0 Å². The number of pyridine rings is 1. The van der Waals surface area contributed by atoms with Crippen molar-refractivity contribution in [3.8, 4) is 0 Å². The summed E-state index contributed by atoms with van der Waals surface area (Å²) in [6.45, 7) is -0.413. The van der Waals surface area contributed by atoms with Gasteiger partial charge in [0.25, 0.3) is 0 Å². The van der Waals surface area contributed by atoms with Gasteiger partial charge in [0.15, 0.2) is 11.6 Å². The van der Waals surface area contributed by atoms with Crippen LogP contribution in [0.25, 0.3) is 10.9 Å². The number of halogens is 5. The number of nitrogens with one attached hydrogen (secondary N) is 3. The highest BCUT2D eigenvalue weighted by Gasteiger charge is 2.30. The molecule has 0 saturated carbocycles. The Morgan fingerprint density at radius 2 is 1.79 bits per heavy atom. The molecule has 2 heterocycles. The van der Waals surface area contributed by atoms with Crippen molar-refractivity contribution in [2.24, 2.45) is 0 Å².